The summed E-state index contributed by atoms with van der Waals surface area (Å²) >= 11 is 4.88. The smallest absolute Gasteiger partial charge is 0.263 e. The van der Waals surface area contributed by atoms with Crippen LogP contribution in [0.2, 0.25) is 0 Å². The molecule has 1 atom stereocenters. The van der Waals surface area contributed by atoms with Crippen LogP contribution in [0.15, 0.2) is 22.7 Å². The van der Waals surface area contributed by atoms with E-state index in [-0.39, 0.29) is 17.4 Å². The molecule has 1 heterocycles. The Morgan fingerprint density at radius 1 is 1.53 bits per heavy atom. The highest BCUT2D eigenvalue weighted by Gasteiger charge is 2.46. The van der Waals surface area contributed by atoms with Gasteiger partial charge in [-0.2, -0.15) is 0 Å². The Morgan fingerprint density at radius 2 is 2.21 bits per heavy atom. The first-order chi connectivity index (χ1) is 8.88. The van der Waals surface area contributed by atoms with Gasteiger partial charge in [-0.15, -0.1) is 11.3 Å². The third-order valence-electron chi connectivity index (χ3n) is 3.71. The van der Waals surface area contributed by atoms with E-state index in [9.17, 15) is 4.79 Å². The molecule has 3 rings (SSSR count). The third-order valence-corrected chi connectivity index (χ3v) is 5.39. The van der Waals surface area contributed by atoms with Crippen LogP contribution in [-0.4, -0.2) is 11.9 Å². The first-order valence-electron chi connectivity index (χ1n) is 6.17. The fourth-order valence-corrected chi connectivity index (χ4v) is 3.56. The third kappa shape index (κ3) is 2.25. The molecule has 5 heteroatoms. The number of carbonyl (C=O) groups excluding carboxylic acids is 1. The lowest BCUT2D eigenvalue weighted by Gasteiger charge is -2.05. The van der Waals surface area contributed by atoms with Crippen molar-refractivity contribution >= 4 is 48.9 Å². The van der Waals surface area contributed by atoms with Gasteiger partial charge in [0.15, 0.2) is 0 Å². The van der Waals surface area contributed by atoms with Crippen LogP contribution in [0, 0.1) is 5.41 Å². The number of hydrogen-bond donors (Lipinski definition) is 2. The highest BCUT2D eigenvalue weighted by atomic mass is 79.9. The van der Waals surface area contributed by atoms with Gasteiger partial charge in [0, 0.05) is 20.6 Å². The van der Waals surface area contributed by atoms with Crippen molar-refractivity contribution in [2.75, 3.05) is 5.73 Å². The van der Waals surface area contributed by atoms with Gasteiger partial charge in [-0.25, -0.2) is 0 Å². The maximum absolute atomic E-state index is 12.3. The van der Waals surface area contributed by atoms with E-state index in [4.69, 9.17) is 5.73 Å². The zero-order valence-electron chi connectivity index (χ0n) is 10.8. The predicted molar refractivity (Wildman–Crippen MR) is 83.6 cm³/mol. The normalized spacial score (nSPS) is 20.5. The van der Waals surface area contributed by atoms with E-state index >= 15 is 0 Å². The second-order valence-electron chi connectivity index (χ2n) is 5.70. The minimum absolute atomic E-state index is 0.0506. The van der Waals surface area contributed by atoms with Crippen molar-refractivity contribution in [3.63, 3.8) is 0 Å². The Labute approximate surface area is 124 Å². The molecular weight excluding hydrogens is 324 g/mol. The second kappa shape index (κ2) is 4.21. The van der Waals surface area contributed by atoms with E-state index in [0.29, 0.717) is 10.6 Å². The van der Waals surface area contributed by atoms with E-state index < -0.39 is 0 Å². The summed E-state index contributed by atoms with van der Waals surface area (Å²) in [7, 11) is 0. The first-order valence-corrected chi connectivity index (χ1v) is 7.78. The lowest BCUT2D eigenvalue weighted by Crippen LogP contribution is -2.28. The zero-order chi connectivity index (χ0) is 13.8. The molecule has 0 aliphatic heterocycles. The number of hydrogen-bond acceptors (Lipinski definition) is 3. The topological polar surface area (TPSA) is 55.1 Å². The average molecular weight is 339 g/mol. The molecule has 100 valence electrons. The highest BCUT2D eigenvalue weighted by molar-refractivity contribution is 9.10. The van der Waals surface area contributed by atoms with Crippen molar-refractivity contribution < 1.29 is 4.79 Å². The van der Waals surface area contributed by atoms with Crippen molar-refractivity contribution in [2.24, 2.45) is 5.41 Å². The van der Waals surface area contributed by atoms with Crippen LogP contribution in [0.25, 0.3) is 10.1 Å². The lowest BCUT2D eigenvalue weighted by atomic mass is 10.2. The quantitative estimate of drug-likeness (QED) is 0.875. The van der Waals surface area contributed by atoms with Gasteiger partial charge in [-0.05, 0) is 30.0 Å². The molecule has 1 aliphatic rings. The van der Waals surface area contributed by atoms with Gasteiger partial charge in [-0.1, -0.05) is 29.8 Å². The molecule has 1 aromatic heterocycles. The Kier molecular flexibility index (Phi) is 2.87. The van der Waals surface area contributed by atoms with Gasteiger partial charge in [0.25, 0.3) is 5.91 Å². The summed E-state index contributed by atoms with van der Waals surface area (Å²) in [6.45, 7) is 4.31. The maximum Gasteiger partial charge on any atom is 0.263 e. The molecule has 0 bridgehead atoms. The zero-order valence-corrected chi connectivity index (χ0v) is 13.2. The van der Waals surface area contributed by atoms with Gasteiger partial charge in [0.2, 0.25) is 0 Å². The summed E-state index contributed by atoms with van der Waals surface area (Å²) in [5, 5.41) is 4.00. The number of nitrogen functional groups attached to an aromatic ring is 1. The molecule has 19 heavy (non-hydrogen) atoms. The van der Waals surface area contributed by atoms with Gasteiger partial charge in [0.05, 0.1) is 5.69 Å². The van der Waals surface area contributed by atoms with Crippen LogP contribution in [0.4, 0.5) is 5.69 Å². The number of nitrogens with one attached hydrogen (secondary N) is 1. The van der Waals surface area contributed by atoms with Crippen molar-refractivity contribution in [3.8, 4) is 0 Å². The number of carbonyl (C=O) groups is 1. The van der Waals surface area contributed by atoms with Crippen LogP contribution in [0.1, 0.15) is 29.9 Å². The molecular formula is C14H15BrN2OS. The largest absolute Gasteiger partial charge is 0.397 e. The van der Waals surface area contributed by atoms with Gasteiger partial charge >= 0.3 is 0 Å². The number of thiophene rings is 1. The first kappa shape index (κ1) is 12.9. The minimum Gasteiger partial charge on any atom is -0.397 e. The van der Waals surface area contributed by atoms with Crippen molar-refractivity contribution in [1.82, 2.24) is 5.32 Å². The van der Waals surface area contributed by atoms with E-state index in [1.54, 1.807) is 0 Å². The van der Waals surface area contributed by atoms with Crippen LogP contribution in [0.3, 0.4) is 0 Å². The van der Waals surface area contributed by atoms with Crippen molar-refractivity contribution in [3.05, 3.63) is 27.5 Å². The molecule has 2 aromatic rings. The Balaban J connectivity index is 1.92. The summed E-state index contributed by atoms with van der Waals surface area (Å²) < 4.78 is 2.01. The number of anilines is 1. The number of rotatable bonds is 2. The van der Waals surface area contributed by atoms with E-state index in [0.717, 1.165) is 21.0 Å². The SMILES string of the molecule is CC1(C)CC1NC(=O)c1sc2ccc(Br)cc2c1N. The van der Waals surface area contributed by atoms with Crippen LogP contribution < -0.4 is 11.1 Å². The summed E-state index contributed by atoms with van der Waals surface area (Å²) in [5.41, 5.74) is 6.91. The molecule has 0 radical (unpaired) electrons. The fraction of sp³-hybridized carbons (Fsp3) is 0.357. The predicted octanol–water partition coefficient (Wildman–Crippen LogP) is 3.77. The number of nitrogens with two attached hydrogens (primary N) is 1. The van der Waals surface area contributed by atoms with E-state index in [1.165, 1.54) is 11.3 Å². The summed E-state index contributed by atoms with van der Waals surface area (Å²) in [6.07, 6.45) is 1.04. The Bertz CT molecular complexity index is 677. The summed E-state index contributed by atoms with van der Waals surface area (Å²) in [4.78, 5) is 12.9. The fourth-order valence-electron chi connectivity index (χ4n) is 2.19. The molecule has 1 fully saturated rings. The Hall–Kier alpha value is -1.07. The minimum atomic E-state index is -0.0506. The van der Waals surface area contributed by atoms with Crippen molar-refractivity contribution in [2.45, 2.75) is 26.3 Å². The van der Waals surface area contributed by atoms with Gasteiger partial charge in [-0.3, -0.25) is 4.79 Å². The molecule has 1 aromatic carbocycles. The van der Waals surface area contributed by atoms with Crippen LogP contribution in [0.5, 0.6) is 0 Å². The van der Waals surface area contributed by atoms with Crippen LogP contribution in [-0.2, 0) is 0 Å². The Morgan fingerprint density at radius 3 is 2.84 bits per heavy atom. The molecule has 0 saturated heterocycles. The second-order valence-corrected chi connectivity index (χ2v) is 7.67. The molecule has 1 saturated carbocycles. The number of fused-ring (bicyclic) bond motifs is 1. The number of benzene rings is 1. The number of halogens is 1. The molecule has 0 spiro atoms. The van der Waals surface area contributed by atoms with Gasteiger partial charge < -0.3 is 11.1 Å². The van der Waals surface area contributed by atoms with Crippen LogP contribution >= 0.6 is 27.3 Å². The highest BCUT2D eigenvalue weighted by Crippen LogP contribution is 2.45. The molecule has 1 amide bonds. The van der Waals surface area contributed by atoms with Crippen molar-refractivity contribution in [1.29, 1.82) is 0 Å². The summed E-state index contributed by atoms with van der Waals surface area (Å²) in [5.74, 6) is -0.0506. The maximum atomic E-state index is 12.3. The molecule has 1 aliphatic carbocycles. The molecule has 3 nitrogen and oxygen atoms in total. The van der Waals surface area contributed by atoms with E-state index in [1.807, 2.05) is 18.2 Å². The molecule has 3 N–H and O–H groups in total. The molecule has 1 unspecified atom stereocenters. The lowest BCUT2D eigenvalue weighted by molar-refractivity contribution is 0.0951. The number of amides is 1. The van der Waals surface area contributed by atoms with Gasteiger partial charge in [0.1, 0.15) is 4.88 Å². The standard InChI is InChI=1S/C14H15BrN2OS/c1-14(2)6-10(14)17-13(18)12-11(16)8-5-7(15)3-4-9(8)19-12/h3-5,10H,6,16H2,1-2H3,(H,17,18). The van der Waals surface area contributed by atoms with E-state index in [2.05, 4.69) is 35.1 Å². The average Bonchev–Trinajstić information content (AvgIpc) is 2.79. The monoisotopic (exact) mass is 338 g/mol. The summed E-state index contributed by atoms with van der Waals surface area (Å²) in [6, 6.07) is 6.18.